The van der Waals surface area contributed by atoms with Crippen LogP contribution in [0.4, 0.5) is 0 Å². The second kappa shape index (κ2) is 14.5. The normalized spacial score (nSPS) is 23.2. The van der Waals surface area contributed by atoms with Crippen LogP contribution in [0.5, 0.6) is 0 Å². The van der Waals surface area contributed by atoms with Crippen LogP contribution in [0, 0.1) is 0 Å². The summed E-state index contributed by atoms with van der Waals surface area (Å²) in [5.41, 5.74) is 1.00. The van der Waals surface area contributed by atoms with E-state index in [2.05, 4.69) is 66.0 Å². The lowest BCUT2D eigenvalue weighted by atomic mass is 9.85. The standard InChI is InChI=1S/2C12H27N2.2ClH/c2*1-5-12(6-2)11-13-9-10-14(12,7-3)8-4;;/h2*13H,5-11H2,1-4H3;2*1H/q2*+1;;/p-2. The van der Waals surface area contributed by atoms with Crippen LogP contribution in [0.2, 0.25) is 0 Å². The van der Waals surface area contributed by atoms with Crippen molar-refractivity contribution in [2.24, 2.45) is 0 Å². The highest BCUT2D eigenvalue weighted by Crippen LogP contribution is 2.34. The topological polar surface area (TPSA) is 24.1 Å². The Balaban J connectivity index is 0. The number of hydrogen-bond acceptors (Lipinski definition) is 2. The molecule has 0 unspecified atom stereocenters. The quantitative estimate of drug-likeness (QED) is 0.403. The molecule has 2 aliphatic rings. The zero-order chi connectivity index (χ0) is 21.3. The molecule has 0 spiro atoms. The second-order valence-corrected chi connectivity index (χ2v) is 9.22. The highest BCUT2D eigenvalue weighted by Gasteiger charge is 2.48. The lowest BCUT2D eigenvalue weighted by Gasteiger charge is -2.55. The van der Waals surface area contributed by atoms with E-state index in [0.29, 0.717) is 11.1 Å². The van der Waals surface area contributed by atoms with E-state index >= 15 is 0 Å². The summed E-state index contributed by atoms with van der Waals surface area (Å²) in [6.07, 6.45) is 5.22. The molecule has 6 heteroatoms. The third-order valence-corrected chi connectivity index (χ3v) is 9.41. The number of nitrogens with one attached hydrogen (secondary N) is 2. The minimum absolute atomic E-state index is 0. The lowest BCUT2D eigenvalue weighted by molar-refractivity contribution is -0.976. The maximum absolute atomic E-state index is 3.59. The van der Waals surface area contributed by atoms with Gasteiger partial charge in [-0.25, -0.2) is 0 Å². The van der Waals surface area contributed by atoms with Gasteiger partial charge in [-0.2, -0.15) is 0 Å². The van der Waals surface area contributed by atoms with Gasteiger partial charge in [0.1, 0.15) is 11.1 Å². The molecule has 2 fully saturated rings. The highest BCUT2D eigenvalue weighted by atomic mass is 35.5. The van der Waals surface area contributed by atoms with Gasteiger partial charge in [-0.05, 0) is 27.7 Å². The van der Waals surface area contributed by atoms with E-state index in [4.69, 9.17) is 0 Å². The van der Waals surface area contributed by atoms with Gasteiger partial charge in [0, 0.05) is 38.8 Å². The molecule has 2 saturated heterocycles. The summed E-state index contributed by atoms with van der Waals surface area (Å²) in [6, 6.07) is 0. The van der Waals surface area contributed by atoms with Crippen LogP contribution in [0.15, 0.2) is 0 Å². The maximum atomic E-state index is 3.59. The Kier molecular flexibility index (Phi) is 15.8. The second-order valence-electron chi connectivity index (χ2n) is 9.22. The fourth-order valence-corrected chi connectivity index (χ4v) is 6.80. The fraction of sp³-hybridized carbons (Fsp3) is 1.00. The molecule has 0 amide bonds. The summed E-state index contributed by atoms with van der Waals surface area (Å²) in [4.78, 5) is 0. The molecule has 0 aromatic heterocycles. The van der Waals surface area contributed by atoms with Crippen LogP contribution in [0.3, 0.4) is 0 Å². The average molecular weight is 470 g/mol. The Morgan fingerprint density at radius 2 is 0.800 bits per heavy atom. The van der Waals surface area contributed by atoms with Gasteiger partial charge in [-0.1, -0.05) is 27.7 Å². The molecule has 30 heavy (non-hydrogen) atoms. The Hall–Kier alpha value is 0.420. The first kappa shape index (κ1) is 32.6. The van der Waals surface area contributed by atoms with Gasteiger partial charge in [-0.15, -0.1) is 0 Å². The van der Waals surface area contributed by atoms with E-state index < -0.39 is 0 Å². The molecule has 184 valence electrons. The molecule has 4 nitrogen and oxygen atoms in total. The third-order valence-electron chi connectivity index (χ3n) is 9.41. The van der Waals surface area contributed by atoms with Crippen molar-refractivity contribution in [2.75, 3.05) is 65.4 Å². The molecule has 0 aromatic carbocycles. The summed E-state index contributed by atoms with van der Waals surface area (Å²) in [6.45, 7) is 31.5. The predicted octanol–water partition coefficient (Wildman–Crippen LogP) is -1.98. The molecule has 0 saturated carbocycles. The largest absolute Gasteiger partial charge is 1.00 e. The Morgan fingerprint density at radius 3 is 0.967 bits per heavy atom. The molecule has 0 atom stereocenters. The summed E-state index contributed by atoms with van der Waals surface area (Å²) >= 11 is 0. The fourth-order valence-electron chi connectivity index (χ4n) is 6.80. The van der Waals surface area contributed by atoms with Crippen LogP contribution in [-0.4, -0.2) is 85.5 Å². The smallest absolute Gasteiger partial charge is 0.111 e. The first-order chi connectivity index (χ1) is 13.4. The molecule has 0 aliphatic carbocycles. The summed E-state index contributed by atoms with van der Waals surface area (Å²) in [5, 5.41) is 7.17. The van der Waals surface area contributed by atoms with Gasteiger partial charge in [-0.3, -0.25) is 0 Å². The van der Waals surface area contributed by atoms with Crippen molar-refractivity contribution in [2.45, 2.75) is 92.2 Å². The van der Waals surface area contributed by atoms with Crippen LogP contribution < -0.4 is 35.4 Å². The minimum Gasteiger partial charge on any atom is -1.00 e. The predicted molar refractivity (Wildman–Crippen MR) is 125 cm³/mol. The van der Waals surface area contributed by atoms with Crippen molar-refractivity contribution in [1.82, 2.24) is 10.6 Å². The van der Waals surface area contributed by atoms with Crippen molar-refractivity contribution in [3.8, 4) is 0 Å². The van der Waals surface area contributed by atoms with Gasteiger partial charge in [0.15, 0.2) is 0 Å². The highest BCUT2D eigenvalue weighted by molar-refractivity contribution is 4.86. The Morgan fingerprint density at radius 1 is 0.533 bits per heavy atom. The molecule has 0 bridgehead atoms. The molecule has 2 heterocycles. The number of rotatable bonds is 8. The van der Waals surface area contributed by atoms with E-state index in [1.54, 1.807) is 0 Å². The lowest BCUT2D eigenvalue weighted by Crippen LogP contribution is -3.00. The number of quaternary nitrogens is 2. The maximum Gasteiger partial charge on any atom is 0.111 e. The van der Waals surface area contributed by atoms with Gasteiger partial charge in [0.05, 0.1) is 52.4 Å². The SMILES string of the molecule is CCC1(CC)CNCC[N+]1(CC)CC.CCC1(CC)CNCC[N+]1(CC)CC.[Cl-].[Cl-]. The number of halogens is 2. The van der Waals surface area contributed by atoms with Crippen LogP contribution in [0.1, 0.15) is 81.1 Å². The van der Waals surface area contributed by atoms with Crippen molar-refractivity contribution < 1.29 is 33.8 Å². The van der Waals surface area contributed by atoms with Gasteiger partial charge < -0.3 is 44.4 Å². The van der Waals surface area contributed by atoms with E-state index in [0.717, 1.165) is 0 Å². The summed E-state index contributed by atoms with van der Waals surface area (Å²) < 4.78 is 2.65. The van der Waals surface area contributed by atoms with Crippen molar-refractivity contribution in [1.29, 1.82) is 0 Å². The van der Waals surface area contributed by atoms with Crippen molar-refractivity contribution in [3.63, 3.8) is 0 Å². The molecule has 0 aromatic rings. The number of nitrogens with zero attached hydrogens (tertiary/aromatic N) is 2. The van der Waals surface area contributed by atoms with E-state index in [1.165, 1.54) is 100 Å². The first-order valence-corrected chi connectivity index (χ1v) is 12.5. The molecular formula is C24H54Cl2N4. The minimum atomic E-state index is 0. The third kappa shape index (κ3) is 5.85. The van der Waals surface area contributed by atoms with Gasteiger partial charge in [0.2, 0.25) is 0 Å². The zero-order valence-electron chi connectivity index (χ0n) is 21.5. The number of hydrogen-bond donors (Lipinski definition) is 2. The van der Waals surface area contributed by atoms with E-state index in [-0.39, 0.29) is 24.8 Å². The molecule has 0 radical (unpaired) electrons. The van der Waals surface area contributed by atoms with Gasteiger partial charge >= 0.3 is 0 Å². The average Bonchev–Trinajstić information content (AvgIpc) is 2.78. The molecule has 2 N–H and O–H groups in total. The van der Waals surface area contributed by atoms with Gasteiger partial charge in [0.25, 0.3) is 0 Å². The van der Waals surface area contributed by atoms with Crippen LogP contribution in [-0.2, 0) is 0 Å². The van der Waals surface area contributed by atoms with E-state index in [9.17, 15) is 0 Å². The monoisotopic (exact) mass is 468 g/mol. The summed E-state index contributed by atoms with van der Waals surface area (Å²) in [5.74, 6) is 0. The first-order valence-electron chi connectivity index (χ1n) is 12.5. The number of piperazine rings is 2. The van der Waals surface area contributed by atoms with Crippen LogP contribution >= 0.6 is 0 Å². The zero-order valence-corrected chi connectivity index (χ0v) is 23.1. The van der Waals surface area contributed by atoms with Crippen molar-refractivity contribution >= 4 is 0 Å². The van der Waals surface area contributed by atoms with Crippen LogP contribution in [0.25, 0.3) is 0 Å². The molecule has 2 rings (SSSR count). The summed E-state index contributed by atoms with van der Waals surface area (Å²) in [7, 11) is 0. The van der Waals surface area contributed by atoms with Crippen molar-refractivity contribution in [3.05, 3.63) is 0 Å². The Labute approximate surface area is 201 Å². The Bertz CT molecular complexity index is 349. The number of likely N-dealkylation sites (N-methyl/N-ethyl adjacent to an activating group) is 2. The molecule has 2 aliphatic heterocycles. The molecular weight excluding hydrogens is 415 g/mol. The van der Waals surface area contributed by atoms with E-state index in [1.807, 2.05) is 0 Å².